The number of hydrogen-bond donors (Lipinski definition) is 1. The second kappa shape index (κ2) is 8.44. The van der Waals surface area contributed by atoms with E-state index in [0.29, 0.717) is 13.0 Å². The number of rotatable bonds is 7. The second-order valence-corrected chi connectivity index (χ2v) is 5.80. The topological polar surface area (TPSA) is 65.2 Å². The van der Waals surface area contributed by atoms with Crippen molar-refractivity contribution in [2.24, 2.45) is 5.73 Å². The van der Waals surface area contributed by atoms with Crippen molar-refractivity contribution in [3.05, 3.63) is 65.0 Å². The zero-order chi connectivity index (χ0) is 16.7. The summed E-state index contributed by atoms with van der Waals surface area (Å²) in [4.78, 5) is 15.9. The van der Waals surface area contributed by atoms with Crippen molar-refractivity contribution in [3.8, 4) is 0 Å². The van der Waals surface area contributed by atoms with Crippen LogP contribution >= 0.6 is 0 Å². The maximum atomic E-state index is 11.5. The van der Waals surface area contributed by atoms with Crippen LogP contribution < -0.4 is 5.73 Å². The summed E-state index contributed by atoms with van der Waals surface area (Å²) in [5.41, 5.74) is 10.3. The standard InChI is InChI=1S/C19H24N2O2/c1-14(9-19(22)23-2)17-11-15(6-7-20)10-16(12-17)13-18-5-3-4-8-21-18/h3-5,8,10-12,14H,6-7,9,13,20H2,1-2H3. The Labute approximate surface area is 137 Å². The molecule has 0 bridgehead atoms. The first-order chi connectivity index (χ1) is 11.1. The van der Waals surface area contributed by atoms with Gasteiger partial charge in [-0.1, -0.05) is 31.2 Å². The number of esters is 1. The zero-order valence-corrected chi connectivity index (χ0v) is 13.8. The van der Waals surface area contributed by atoms with Gasteiger partial charge in [-0.25, -0.2) is 0 Å². The summed E-state index contributed by atoms with van der Waals surface area (Å²) in [6.07, 6.45) is 3.79. The Bertz CT molecular complexity index is 641. The molecule has 1 aromatic heterocycles. The number of methoxy groups -OCH3 is 1. The molecule has 2 aromatic rings. The molecule has 1 aromatic carbocycles. The van der Waals surface area contributed by atoms with E-state index in [1.54, 1.807) is 6.20 Å². The number of benzene rings is 1. The minimum Gasteiger partial charge on any atom is -0.469 e. The predicted molar refractivity (Wildman–Crippen MR) is 91.3 cm³/mol. The number of carbonyl (C=O) groups excluding carboxylic acids is 1. The number of ether oxygens (including phenoxy) is 1. The number of aromatic nitrogens is 1. The highest BCUT2D eigenvalue weighted by Crippen LogP contribution is 2.24. The van der Waals surface area contributed by atoms with E-state index in [-0.39, 0.29) is 11.9 Å². The van der Waals surface area contributed by atoms with Crippen molar-refractivity contribution < 1.29 is 9.53 Å². The first kappa shape index (κ1) is 17.2. The van der Waals surface area contributed by atoms with Crippen LogP contribution in [0.5, 0.6) is 0 Å². The first-order valence-corrected chi connectivity index (χ1v) is 7.92. The molecule has 1 unspecified atom stereocenters. The van der Waals surface area contributed by atoms with E-state index in [0.717, 1.165) is 24.1 Å². The Morgan fingerprint density at radius 2 is 2.04 bits per heavy atom. The molecule has 1 atom stereocenters. The number of nitrogens with zero attached hydrogens (tertiary/aromatic N) is 1. The van der Waals surface area contributed by atoms with Gasteiger partial charge in [-0.3, -0.25) is 9.78 Å². The Morgan fingerprint density at radius 3 is 2.70 bits per heavy atom. The molecule has 23 heavy (non-hydrogen) atoms. The molecule has 0 saturated heterocycles. The van der Waals surface area contributed by atoms with Crippen LogP contribution in [0.25, 0.3) is 0 Å². The summed E-state index contributed by atoms with van der Waals surface area (Å²) in [5, 5.41) is 0. The minimum absolute atomic E-state index is 0.114. The van der Waals surface area contributed by atoms with Crippen LogP contribution in [0.15, 0.2) is 42.6 Å². The average molecular weight is 312 g/mol. The Balaban J connectivity index is 2.25. The van der Waals surface area contributed by atoms with Crippen LogP contribution in [-0.4, -0.2) is 24.6 Å². The van der Waals surface area contributed by atoms with Crippen molar-refractivity contribution >= 4 is 5.97 Å². The Morgan fingerprint density at radius 1 is 1.26 bits per heavy atom. The van der Waals surface area contributed by atoms with Crippen LogP contribution in [-0.2, 0) is 22.4 Å². The molecule has 0 aliphatic carbocycles. The number of nitrogens with two attached hydrogens (primary N) is 1. The molecule has 122 valence electrons. The largest absolute Gasteiger partial charge is 0.469 e. The number of pyridine rings is 1. The maximum Gasteiger partial charge on any atom is 0.306 e. The lowest BCUT2D eigenvalue weighted by Gasteiger charge is -2.15. The van der Waals surface area contributed by atoms with Gasteiger partial charge in [0.05, 0.1) is 13.5 Å². The molecule has 4 nitrogen and oxygen atoms in total. The molecule has 0 radical (unpaired) electrons. The molecule has 1 heterocycles. The molecule has 0 fully saturated rings. The van der Waals surface area contributed by atoms with Crippen molar-refractivity contribution in [1.82, 2.24) is 4.98 Å². The summed E-state index contributed by atoms with van der Waals surface area (Å²) in [5.74, 6) is -0.0735. The van der Waals surface area contributed by atoms with Crippen LogP contribution in [0, 0.1) is 0 Å². The SMILES string of the molecule is COC(=O)CC(C)c1cc(CCN)cc(Cc2ccccn2)c1. The van der Waals surface area contributed by atoms with Crippen molar-refractivity contribution in [1.29, 1.82) is 0 Å². The van der Waals surface area contributed by atoms with E-state index in [9.17, 15) is 4.79 Å². The van der Waals surface area contributed by atoms with Gasteiger partial charge >= 0.3 is 5.97 Å². The van der Waals surface area contributed by atoms with Gasteiger partial charge in [0.25, 0.3) is 0 Å². The third-order valence-corrected chi connectivity index (χ3v) is 3.89. The summed E-state index contributed by atoms with van der Waals surface area (Å²) >= 11 is 0. The van der Waals surface area contributed by atoms with Gasteiger partial charge in [-0.15, -0.1) is 0 Å². The van der Waals surface area contributed by atoms with E-state index in [1.807, 2.05) is 25.1 Å². The summed E-state index contributed by atoms with van der Waals surface area (Å²) in [6.45, 7) is 2.65. The van der Waals surface area contributed by atoms with E-state index in [4.69, 9.17) is 10.5 Å². The quantitative estimate of drug-likeness (QED) is 0.798. The lowest BCUT2D eigenvalue weighted by Crippen LogP contribution is -2.08. The highest BCUT2D eigenvalue weighted by Gasteiger charge is 2.13. The fraction of sp³-hybridized carbons (Fsp3) is 0.368. The molecular weight excluding hydrogens is 288 g/mol. The van der Waals surface area contributed by atoms with Crippen LogP contribution in [0.4, 0.5) is 0 Å². The normalized spacial score (nSPS) is 12.0. The molecule has 4 heteroatoms. The Kier molecular flexibility index (Phi) is 6.29. The van der Waals surface area contributed by atoms with E-state index in [2.05, 4.69) is 23.2 Å². The summed E-state index contributed by atoms with van der Waals surface area (Å²) in [7, 11) is 1.42. The van der Waals surface area contributed by atoms with Crippen molar-refractivity contribution in [2.75, 3.05) is 13.7 Å². The van der Waals surface area contributed by atoms with Crippen LogP contribution in [0.2, 0.25) is 0 Å². The molecule has 0 saturated carbocycles. The molecule has 0 amide bonds. The highest BCUT2D eigenvalue weighted by atomic mass is 16.5. The third kappa shape index (κ3) is 5.18. The fourth-order valence-corrected chi connectivity index (χ4v) is 2.65. The lowest BCUT2D eigenvalue weighted by atomic mass is 9.92. The first-order valence-electron chi connectivity index (χ1n) is 7.92. The lowest BCUT2D eigenvalue weighted by molar-refractivity contribution is -0.140. The van der Waals surface area contributed by atoms with E-state index < -0.39 is 0 Å². The third-order valence-electron chi connectivity index (χ3n) is 3.89. The summed E-state index contributed by atoms with van der Waals surface area (Å²) in [6, 6.07) is 12.4. The average Bonchev–Trinajstić information content (AvgIpc) is 2.55. The van der Waals surface area contributed by atoms with Gasteiger partial charge in [-0.2, -0.15) is 0 Å². The molecule has 0 aliphatic rings. The van der Waals surface area contributed by atoms with Gasteiger partial charge < -0.3 is 10.5 Å². The smallest absolute Gasteiger partial charge is 0.306 e. The van der Waals surface area contributed by atoms with Crippen LogP contribution in [0.1, 0.15) is 41.6 Å². The van der Waals surface area contributed by atoms with Crippen molar-refractivity contribution in [2.45, 2.75) is 32.1 Å². The Hall–Kier alpha value is -2.20. The number of hydrogen-bond acceptors (Lipinski definition) is 4. The van der Waals surface area contributed by atoms with Gasteiger partial charge in [0.15, 0.2) is 0 Å². The predicted octanol–water partition coefficient (Wildman–Crippen LogP) is 2.84. The minimum atomic E-state index is -0.187. The van der Waals surface area contributed by atoms with Crippen LogP contribution in [0.3, 0.4) is 0 Å². The molecule has 2 N–H and O–H groups in total. The zero-order valence-electron chi connectivity index (χ0n) is 13.8. The molecular formula is C19H24N2O2. The summed E-state index contributed by atoms with van der Waals surface area (Å²) < 4.78 is 4.78. The van der Waals surface area contributed by atoms with Crippen molar-refractivity contribution in [3.63, 3.8) is 0 Å². The maximum absolute atomic E-state index is 11.5. The van der Waals surface area contributed by atoms with E-state index >= 15 is 0 Å². The molecule has 0 spiro atoms. The number of carbonyl (C=O) groups is 1. The fourth-order valence-electron chi connectivity index (χ4n) is 2.65. The van der Waals surface area contributed by atoms with E-state index in [1.165, 1.54) is 18.2 Å². The monoisotopic (exact) mass is 312 g/mol. The van der Waals surface area contributed by atoms with Gasteiger partial charge in [0, 0.05) is 18.3 Å². The highest BCUT2D eigenvalue weighted by molar-refractivity contribution is 5.70. The van der Waals surface area contributed by atoms with Gasteiger partial charge in [0.2, 0.25) is 0 Å². The molecule has 2 rings (SSSR count). The van der Waals surface area contributed by atoms with Gasteiger partial charge in [-0.05, 0) is 47.7 Å². The van der Waals surface area contributed by atoms with Gasteiger partial charge in [0.1, 0.15) is 0 Å². The second-order valence-electron chi connectivity index (χ2n) is 5.80. The molecule has 0 aliphatic heterocycles.